The first-order valence-electron chi connectivity index (χ1n) is 5.16. The minimum absolute atomic E-state index is 0.00485. The third-order valence-electron chi connectivity index (χ3n) is 2.50. The van der Waals surface area contributed by atoms with Crippen molar-refractivity contribution < 1.29 is 4.74 Å². The Kier molecular flexibility index (Phi) is 3.54. The van der Waals surface area contributed by atoms with Crippen LogP contribution in [-0.2, 0) is 0 Å². The molecule has 4 heteroatoms. The van der Waals surface area contributed by atoms with Gasteiger partial charge >= 0.3 is 0 Å². The van der Waals surface area contributed by atoms with Crippen molar-refractivity contribution in [2.75, 3.05) is 13.4 Å². The summed E-state index contributed by atoms with van der Waals surface area (Å²) in [5, 5.41) is 0. The van der Waals surface area contributed by atoms with Gasteiger partial charge in [0.15, 0.2) is 0 Å². The van der Waals surface area contributed by atoms with Gasteiger partial charge in [-0.25, -0.2) is 0 Å². The molecule has 0 atom stereocenters. The molecular formula is C13H13NO2S. The normalized spacial score (nSPS) is 10.2. The number of pyridine rings is 1. The molecule has 0 N–H and O–H groups in total. The van der Waals surface area contributed by atoms with Crippen LogP contribution >= 0.6 is 11.9 Å². The third kappa shape index (κ3) is 2.53. The van der Waals surface area contributed by atoms with E-state index in [-0.39, 0.29) is 5.56 Å². The van der Waals surface area contributed by atoms with E-state index in [2.05, 4.69) is 0 Å². The van der Waals surface area contributed by atoms with E-state index in [9.17, 15) is 4.79 Å². The number of ether oxygens (including phenoxy) is 1. The summed E-state index contributed by atoms with van der Waals surface area (Å²) < 4.78 is 6.72. The van der Waals surface area contributed by atoms with Crippen molar-refractivity contribution in [1.82, 2.24) is 3.97 Å². The molecule has 0 aliphatic heterocycles. The van der Waals surface area contributed by atoms with Crippen molar-refractivity contribution in [3.63, 3.8) is 0 Å². The molecule has 0 aliphatic carbocycles. The van der Waals surface area contributed by atoms with E-state index < -0.39 is 0 Å². The zero-order valence-electron chi connectivity index (χ0n) is 9.71. The lowest BCUT2D eigenvalue weighted by Gasteiger charge is -2.06. The number of benzene rings is 1. The maximum absolute atomic E-state index is 11.5. The van der Waals surface area contributed by atoms with Crippen LogP contribution in [0.1, 0.15) is 0 Å². The van der Waals surface area contributed by atoms with E-state index in [4.69, 9.17) is 4.74 Å². The van der Waals surface area contributed by atoms with Gasteiger partial charge in [0.25, 0.3) is 5.56 Å². The highest BCUT2D eigenvalue weighted by Crippen LogP contribution is 2.21. The summed E-state index contributed by atoms with van der Waals surface area (Å²) in [4.78, 5) is 11.5. The summed E-state index contributed by atoms with van der Waals surface area (Å²) in [6, 6.07) is 11.2. The summed E-state index contributed by atoms with van der Waals surface area (Å²) in [6.45, 7) is 0. The molecule has 1 heterocycles. The molecular weight excluding hydrogens is 234 g/mol. The molecule has 0 amide bonds. The molecule has 1 aromatic heterocycles. The van der Waals surface area contributed by atoms with Crippen molar-refractivity contribution >= 4 is 11.9 Å². The molecule has 0 unspecified atom stereocenters. The van der Waals surface area contributed by atoms with Gasteiger partial charge in [0.05, 0.1) is 7.11 Å². The molecule has 0 aliphatic rings. The number of aromatic nitrogens is 1. The second-order valence-corrected chi connectivity index (χ2v) is 4.25. The molecule has 3 nitrogen and oxygen atoms in total. The van der Waals surface area contributed by atoms with Crippen LogP contribution in [0.2, 0.25) is 0 Å². The zero-order valence-corrected chi connectivity index (χ0v) is 10.5. The quantitative estimate of drug-likeness (QED) is 0.835. The predicted octanol–water partition coefficient (Wildman–Crippen LogP) is 2.65. The van der Waals surface area contributed by atoms with Crippen LogP contribution in [0.4, 0.5) is 0 Å². The average Bonchev–Trinajstić information content (AvgIpc) is 2.39. The molecule has 0 saturated heterocycles. The van der Waals surface area contributed by atoms with Gasteiger partial charge in [0.1, 0.15) is 5.75 Å². The second kappa shape index (κ2) is 5.10. The molecule has 0 spiro atoms. The highest BCUT2D eigenvalue weighted by molar-refractivity contribution is 7.97. The van der Waals surface area contributed by atoms with Crippen LogP contribution in [0.5, 0.6) is 5.75 Å². The van der Waals surface area contributed by atoms with Crippen LogP contribution in [0.25, 0.3) is 11.1 Å². The number of hydrogen-bond donors (Lipinski definition) is 0. The van der Waals surface area contributed by atoms with Crippen LogP contribution < -0.4 is 10.3 Å². The van der Waals surface area contributed by atoms with E-state index in [0.29, 0.717) is 0 Å². The van der Waals surface area contributed by atoms with Crippen LogP contribution in [0.15, 0.2) is 47.4 Å². The fraction of sp³-hybridized carbons (Fsp3) is 0.154. The summed E-state index contributed by atoms with van der Waals surface area (Å²) in [6.07, 6.45) is 3.72. The van der Waals surface area contributed by atoms with Gasteiger partial charge in [0, 0.05) is 18.5 Å². The molecule has 2 aromatic rings. The predicted molar refractivity (Wildman–Crippen MR) is 71.6 cm³/mol. The van der Waals surface area contributed by atoms with Crippen molar-refractivity contribution in [2.45, 2.75) is 0 Å². The van der Waals surface area contributed by atoms with E-state index >= 15 is 0 Å². The average molecular weight is 247 g/mol. The summed E-state index contributed by atoms with van der Waals surface area (Å²) in [7, 11) is 1.64. The Morgan fingerprint density at radius 2 is 1.71 bits per heavy atom. The third-order valence-corrected chi connectivity index (χ3v) is 3.18. The summed E-state index contributed by atoms with van der Waals surface area (Å²) in [5.74, 6) is 0.826. The highest BCUT2D eigenvalue weighted by Gasteiger charge is 2.01. The van der Waals surface area contributed by atoms with E-state index in [1.807, 2.05) is 42.8 Å². The Hall–Kier alpha value is -1.68. The Bertz CT molecular complexity index is 560. The lowest BCUT2D eigenvalue weighted by molar-refractivity contribution is 0.415. The standard InChI is InChI=1S/C13H13NO2S/c1-16-12-6-3-10(4-7-12)11-5-8-13(15)14(9-11)17-2/h3-9H,1-2H3. The van der Waals surface area contributed by atoms with E-state index in [0.717, 1.165) is 16.9 Å². The van der Waals surface area contributed by atoms with Crippen LogP contribution in [0.3, 0.4) is 0 Å². The first-order chi connectivity index (χ1) is 8.24. The van der Waals surface area contributed by atoms with E-state index in [1.54, 1.807) is 17.1 Å². The zero-order chi connectivity index (χ0) is 12.3. The first kappa shape index (κ1) is 11.8. The lowest BCUT2D eigenvalue weighted by atomic mass is 10.1. The van der Waals surface area contributed by atoms with Gasteiger partial charge in [-0.2, -0.15) is 0 Å². The van der Waals surface area contributed by atoms with Crippen molar-refractivity contribution in [3.8, 4) is 16.9 Å². The first-order valence-corrected chi connectivity index (χ1v) is 6.34. The molecule has 1 aromatic carbocycles. The molecule has 88 valence electrons. The Morgan fingerprint density at radius 3 is 2.29 bits per heavy atom. The fourth-order valence-corrected chi connectivity index (χ4v) is 2.02. The molecule has 0 saturated carbocycles. The van der Waals surface area contributed by atoms with Gasteiger partial charge in [-0.3, -0.25) is 8.77 Å². The number of nitrogens with zero attached hydrogens (tertiary/aromatic N) is 1. The number of hydrogen-bond acceptors (Lipinski definition) is 3. The molecule has 0 fully saturated rings. The SMILES string of the molecule is COc1ccc(-c2ccc(=O)n(SC)c2)cc1. The molecule has 0 radical (unpaired) electrons. The van der Waals surface area contributed by atoms with Crippen molar-refractivity contribution in [2.24, 2.45) is 0 Å². The fourth-order valence-electron chi connectivity index (χ4n) is 1.56. The van der Waals surface area contributed by atoms with Crippen LogP contribution in [0, 0.1) is 0 Å². The smallest absolute Gasteiger partial charge is 0.260 e. The minimum Gasteiger partial charge on any atom is -0.497 e. The summed E-state index contributed by atoms with van der Waals surface area (Å²) >= 11 is 1.39. The number of rotatable bonds is 3. The maximum Gasteiger partial charge on any atom is 0.260 e. The van der Waals surface area contributed by atoms with Crippen LogP contribution in [-0.4, -0.2) is 17.3 Å². The molecule has 2 rings (SSSR count). The van der Waals surface area contributed by atoms with Crippen molar-refractivity contribution in [1.29, 1.82) is 0 Å². The lowest BCUT2D eigenvalue weighted by Crippen LogP contribution is -2.12. The largest absolute Gasteiger partial charge is 0.497 e. The Morgan fingerprint density at radius 1 is 1.06 bits per heavy atom. The van der Waals surface area contributed by atoms with Gasteiger partial charge in [-0.1, -0.05) is 12.1 Å². The van der Waals surface area contributed by atoms with Gasteiger partial charge in [-0.15, -0.1) is 0 Å². The van der Waals surface area contributed by atoms with Gasteiger partial charge in [0.2, 0.25) is 0 Å². The van der Waals surface area contributed by atoms with Crippen molar-refractivity contribution in [3.05, 3.63) is 52.9 Å². The molecule has 17 heavy (non-hydrogen) atoms. The Balaban J connectivity index is 2.42. The minimum atomic E-state index is -0.00485. The second-order valence-electron chi connectivity index (χ2n) is 3.49. The van der Waals surface area contributed by atoms with Gasteiger partial charge in [-0.05, 0) is 41.3 Å². The molecule has 0 bridgehead atoms. The highest BCUT2D eigenvalue weighted by atomic mass is 32.2. The topological polar surface area (TPSA) is 31.2 Å². The Labute approximate surface area is 104 Å². The maximum atomic E-state index is 11.5. The van der Waals surface area contributed by atoms with Gasteiger partial charge < -0.3 is 4.74 Å². The monoisotopic (exact) mass is 247 g/mol. The van der Waals surface area contributed by atoms with E-state index in [1.165, 1.54) is 11.9 Å². The summed E-state index contributed by atoms with van der Waals surface area (Å²) in [5.41, 5.74) is 2.07. The number of methoxy groups -OCH3 is 1.